The van der Waals surface area contributed by atoms with Crippen molar-refractivity contribution < 1.29 is 27.9 Å². The maximum Gasteiger partial charge on any atom is 0.333 e. The molecule has 0 radical (unpaired) electrons. The predicted molar refractivity (Wildman–Crippen MR) is 112 cm³/mol. The van der Waals surface area contributed by atoms with E-state index in [0.717, 1.165) is 12.8 Å². The second-order valence-electron chi connectivity index (χ2n) is 7.88. The maximum absolute atomic E-state index is 10.9. The number of anilines is 1. The molecule has 13 heteroatoms. The smallest absolute Gasteiger partial charge is 0.333 e. The van der Waals surface area contributed by atoms with E-state index in [1.807, 2.05) is 16.9 Å². The number of rotatable bonds is 6. The van der Waals surface area contributed by atoms with Gasteiger partial charge in [-0.2, -0.15) is 18.2 Å². The number of ether oxygens (including phenoxy) is 1. The van der Waals surface area contributed by atoms with Gasteiger partial charge in [0.2, 0.25) is 0 Å². The molecule has 3 aromatic rings. The van der Waals surface area contributed by atoms with Gasteiger partial charge in [-0.05, 0) is 24.0 Å². The number of aryl methyl sites for hydroxylation is 1. The molecule has 1 aliphatic carbocycles. The van der Waals surface area contributed by atoms with E-state index in [-0.39, 0.29) is 6.04 Å². The molecule has 0 spiro atoms. The molecule has 5 rings (SSSR count). The average molecular weight is 462 g/mol. The Labute approximate surface area is 183 Å². The number of aliphatic hydroxyl groups is 2. The quantitative estimate of drug-likeness (QED) is 0.312. The maximum atomic E-state index is 10.9. The van der Waals surface area contributed by atoms with Crippen molar-refractivity contribution >= 4 is 27.2 Å². The number of imidazole rings is 1. The lowest BCUT2D eigenvalue weighted by Gasteiger charge is -2.17. The van der Waals surface area contributed by atoms with Crippen LogP contribution in [0.25, 0.3) is 11.0 Å². The zero-order valence-electron chi connectivity index (χ0n) is 16.7. The molecule has 1 saturated heterocycles. The van der Waals surface area contributed by atoms with Crippen molar-refractivity contribution in [1.82, 2.24) is 24.5 Å². The Bertz CT molecular complexity index is 1250. The van der Waals surface area contributed by atoms with E-state index in [0.29, 0.717) is 16.9 Å². The van der Waals surface area contributed by atoms with Crippen molar-refractivity contribution in [3.63, 3.8) is 0 Å². The fourth-order valence-corrected chi connectivity index (χ4v) is 4.73. The minimum Gasteiger partial charge on any atom is -0.387 e. The molecule has 0 amide bonds. The molecule has 2 aliphatic rings. The van der Waals surface area contributed by atoms with Crippen LogP contribution in [0, 0.1) is 0 Å². The summed E-state index contributed by atoms with van der Waals surface area (Å²) in [5.74, 6) is 0.487. The molecule has 32 heavy (non-hydrogen) atoms. The van der Waals surface area contributed by atoms with Crippen molar-refractivity contribution in [2.24, 2.45) is 0 Å². The summed E-state index contributed by atoms with van der Waals surface area (Å²) in [6.07, 6.45) is -0.0456. The summed E-state index contributed by atoms with van der Waals surface area (Å²) in [6, 6.07) is 8.27. The molecule has 0 bridgehead atoms. The van der Waals surface area contributed by atoms with Gasteiger partial charge in [-0.15, -0.1) is 5.10 Å². The van der Waals surface area contributed by atoms with Crippen LogP contribution in [0.4, 0.5) is 5.82 Å². The number of aromatic nitrogens is 4. The average Bonchev–Trinajstić information content (AvgIpc) is 3.44. The molecule has 0 unspecified atom stereocenters. The molecule has 1 fully saturated rings. The number of benzene rings is 1. The normalized spacial score (nSPS) is 27.7. The number of hydrogen-bond donors (Lipinski definition) is 5. The SMILES string of the molecule is O=S(=O)(O)NC[C@H]1O[C@@H](n2cnc3c(N[C@H]4CCc5ccccc54)nncc32)[C@H](O)[C@@H]1O. The first-order chi connectivity index (χ1) is 15.3. The predicted octanol–water partition coefficient (Wildman–Crippen LogP) is -0.0627. The monoisotopic (exact) mass is 462 g/mol. The second kappa shape index (κ2) is 8.03. The van der Waals surface area contributed by atoms with Gasteiger partial charge in [-0.3, -0.25) is 9.12 Å². The van der Waals surface area contributed by atoms with Gasteiger partial charge in [0.25, 0.3) is 0 Å². The number of fused-ring (bicyclic) bond motifs is 2. The highest BCUT2D eigenvalue weighted by Crippen LogP contribution is 2.36. The van der Waals surface area contributed by atoms with Gasteiger partial charge in [0.15, 0.2) is 12.0 Å². The van der Waals surface area contributed by atoms with Gasteiger partial charge in [0, 0.05) is 6.54 Å². The van der Waals surface area contributed by atoms with Gasteiger partial charge in [0.05, 0.1) is 24.1 Å². The third-order valence-corrected chi connectivity index (χ3v) is 6.45. The molecule has 2 aromatic heterocycles. The molecule has 170 valence electrons. The van der Waals surface area contributed by atoms with Crippen molar-refractivity contribution in [3.8, 4) is 0 Å². The summed E-state index contributed by atoms with van der Waals surface area (Å²) in [7, 11) is -4.47. The molecule has 1 aromatic carbocycles. The zero-order valence-corrected chi connectivity index (χ0v) is 17.6. The third-order valence-electron chi connectivity index (χ3n) is 5.92. The first-order valence-electron chi connectivity index (χ1n) is 10.1. The molecular weight excluding hydrogens is 440 g/mol. The third kappa shape index (κ3) is 3.83. The van der Waals surface area contributed by atoms with Crippen LogP contribution in [-0.4, -0.2) is 67.8 Å². The van der Waals surface area contributed by atoms with Crippen molar-refractivity contribution in [2.45, 2.75) is 43.4 Å². The van der Waals surface area contributed by atoms with Crippen LogP contribution in [0.1, 0.15) is 29.8 Å². The van der Waals surface area contributed by atoms with Crippen LogP contribution in [-0.2, 0) is 21.5 Å². The molecular formula is C19H22N6O6S. The largest absolute Gasteiger partial charge is 0.387 e. The molecule has 3 heterocycles. The molecule has 5 atom stereocenters. The molecule has 1 aliphatic heterocycles. The Morgan fingerprint density at radius 1 is 1.22 bits per heavy atom. The fourth-order valence-electron chi connectivity index (χ4n) is 4.36. The zero-order chi connectivity index (χ0) is 22.5. The van der Waals surface area contributed by atoms with Gasteiger partial charge in [-0.1, -0.05) is 24.3 Å². The highest BCUT2D eigenvalue weighted by atomic mass is 32.2. The van der Waals surface area contributed by atoms with E-state index in [9.17, 15) is 18.6 Å². The van der Waals surface area contributed by atoms with E-state index in [1.54, 1.807) is 0 Å². The topological polar surface area (TPSA) is 172 Å². The Balaban J connectivity index is 1.40. The van der Waals surface area contributed by atoms with E-state index in [1.165, 1.54) is 28.2 Å². The van der Waals surface area contributed by atoms with Crippen LogP contribution >= 0.6 is 0 Å². The Hall–Kier alpha value is -2.68. The van der Waals surface area contributed by atoms with Crippen LogP contribution < -0.4 is 10.0 Å². The number of hydrogen-bond acceptors (Lipinski definition) is 9. The first kappa shape index (κ1) is 21.2. The van der Waals surface area contributed by atoms with Crippen molar-refractivity contribution in [2.75, 3.05) is 11.9 Å². The molecule has 12 nitrogen and oxygen atoms in total. The molecule has 5 N–H and O–H groups in total. The van der Waals surface area contributed by atoms with Crippen LogP contribution in [0.2, 0.25) is 0 Å². The van der Waals surface area contributed by atoms with E-state index in [2.05, 4.69) is 32.6 Å². The van der Waals surface area contributed by atoms with Gasteiger partial charge < -0.3 is 20.3 Å². The van der Waals surface area contributed by atoms with E-state index >= 15 is 0 Å². The number of nitrogens with one attached hydrogen (secondary N) is 2. The highest BCUT2D eigenvalue weighted by Gasteiger charge is 2.44. The highest BCUT2D eigenvalue weighted by molar-refractivity contribution is 7.83. The summed E-state index contributed by atoms with van der Waals surface area (Å²) in [5, 5.41) is 32.4. The Morgan fingerprint density at radius 2 is 2.03 bits per heavy atom. The second-order valence-corrected chi connectivity index (χ2v) is 9.12. The minimum atomic E-state index is -4.47. The van der Waals surface area contributed by atoms with E-state index in [4.69, 9.17) is 9.29 Å². The lowest BCUT2D eigenvalue weighted by molar-refractivity contribution is -0.0328. The lowest BCUT2D eigenvalue weighted by Crippen LogP contribution is -2.39. The number of aliphatic hydroxyl groups excluding tert-OH is 2. The summed E-state index contributed by atoms with van der Waals surface area (Å²) in [4.78, 5) is 4.40. The van der Waals surface area contributed by atoms with Crippen molar-refractivity contribution in [1.29, 1.82) is 0 Å². The lowest BCUT2D eigenvalue weighted by atomic mass is 10.1. The van der Waals surface area contributed by atoms with E-state index < -0.39 is 41.4 Å². The number of nitrogens with zero attached hydrogens (tertiary/aromatic N) is 4. The fraction of sp³-hybridized carbons (Fsp3) is 0.421. The summed E-state index contributed by atoms with van der Waals surface area (Å²) >= 11 is 0. The van der Waals surface area contributed by atoms with Gasteiger partial charge >= 0.3 is 10.3 Å². The Kier molecular flexibility index (Phi) is 5.31. The summed E-state index contributed by atoms with van der Waals surface area (Å²) in [5.41, 5.74) is 3.54. The summed E-state index contributed by atoms with van der Waals surface area (Å²) in [6.45, 7) is -0.409. The van der Waals surface area contributed by atoms with Crippen LogP contribution in [0.5, 0.6) is 0 Å². The van der Waals surface area contributed by atoms with Gasteiger partial charge in [0.1, 0.15) is 23.8 Å². The molecule has 0 saturated carbocycles. The van der Waals surface area contributed by atoms with Crippen LogP contribution in [0.15, 0.2) is 36.8 Å². The standard InChI is InChI=1S/C19H22N6O6S/c26-16-14(8-22-32(28,29)30)31-19(17(16)27)25-9-20-15-13(25)7-21-24-18(15)23-12-6-5-10-3-1-2-4-11(10)12/h1-4,7,9,12,14,16-17,19,22,26-27H,5-6,8H2,(H,23,24)(H,28,29,30)/t12-,14+,16+,17+,19+/m0/s1. The summed E-state index contributed by atoms with van der Waals surface area (Å²) < 4.78 is 39.7. The van der Waals surface area contributed by atoms with Crippen molar-refractivity contribution in [3.05, 3.63) is 47.9 Å². The van der Waals surface area contributed by atoms with Gasteiger partial charge in [-0.25, -0.2) is 4.98 Å². The van der Waals surface area contributed by atoms with Crippen LogP contribution in [0.3, 0.4) is 0 Å². The minimum absolute atomic E-state index is 0.0716. The Morgan fingerprint density at radius 3 is 2.84 bits per heavy atom. The first-order valence-corrected chi connectivity index (χ1v) is 11.5.